The molecular weight excluding hydrogens is 396 g/mol. The molecule has 0 atom stereocenters. The van der Waals surface area contributed by atoms with Crippen LogP contribution in [-0.2, 0) is 14.6 Å². The molecule has 0 amide bonds. The maximum Gasteiger partial charge on any atom is 0.150 e. The number of aryl methyl sites for hydroxylation is 1. The second-order valence-electron chi connectivity index (χ2n) is 6.22. The lowest BCUT2D eigenvalue weighted by molar-refractivity contribution is 0.277. The third-order valence-electron chi connectivity index (χ3n) is 4.20. The molecule has 1 rings (SSSR count). The summed E-state index contributed by atoms with van der Waals surface area (Å²) in [5, 5.41) is 0. The van der Waals surface area contributed by atoms with E-state index < -0.39 is 9.84 Å². The van der Waals surface area contributed by atoms with Gasteiger partial charge < -0.3 is 14.5 Å². The normalized spacial score (nSPS) is 9.83. The fourth-order valence-electron chi connectivity index (χ4n) is 2.59. The van der Waals surface area contributed by atoms with Gasteiger partial charge in [-0.25, -0.2) is 8.42 Å². The van der Waals surface area contributed by atoms with E-state index in [1.54, 1.807) is 21.1 Å². The van der Waals surface area contributed by atoms with Crippen molar-refractivity contribution in [2.75, 3.05) is 61.7 Å². The molecule has 0 unspecified atom stereocenters. The number of sulfone groups is 1. The summed E-state index contributed by atoms with van der Waals surface area (Å²) in [4.78, 5) is 4.67. The molecule has 1 aromatic carbocycles. The zero-order valence-electron chi connectivity index (χ0n) is 21.1. The Morgan fingerprint density at radius 1 is 0.933 bits per heavy atom. The van der Waals surface area contributed by atoms with Crippen molar-refractivity contribution in [3.05, 3.63) is 37.6 Å². The van der Waals surface area contributed by atoms with Gasteiger partial charge in [-0.2, -0.15) is 0 Å². The Labute approximate surface area is 188 Å². The van der Waals surface area contributed by atoms with E-state index in [1.165, 1.54) is 16.9 Å². The van der Waals surface area contributed by atoms with Gasteiger partial charge in [0.25, 0.3) is 0 Å². The fourth-order valence-corrected chi connectivity index (χ4v) is 3.32. The first-order chi connectivity index (χ1) is 14.2. The van der Waals surface area contributed by atoms with Gasteiger partial charge in [0.2, 0.25) is 0 Å². The monoisotopic (exact) mass is 444 g/mol. The van der Waals surface area contributed by atoms with Gasteiger partial charge in [-0.05, 0) is 64.8 Å². The molecule has 0 saturated heterocycles. The van der Waals surface area contributed by atoms with E-state index in [4.69, 9.17) is 0 Å². The van der Waals surface area contributed by atoms with E-state index in [9.17, 15) is 8.42 Å². The highest BCUT2D eigenvalue weighted by Gasteiger charge is 2.08. The summed E-state index contributed by atoms with van der Waals surface area (Å²) in [6, 6.07) is 6.71. The third kappa shape index (κ3) is 14.7. The minimum atomic E-state index is -2.73. The second-order valence-corrected chi connectivity index (χ2v) is 8.69. The summed E-state index contributed by atoms with van der Waals surface area (Å²) in [6.07, 6.45) is 0.482. The molecule has 2 radical (unpaired) electrons. The Bertz CT molecular complexity index is 596. The van der Waals surface area contributed by atoms with E-state index in [2.05, 4.69) is 74.3 Å². The van der Waals surface area contributed by atoms with E-state index in [1.807, 2.05) is 13.8 Å². The van der Waals surface area contributed by atoms with E-state index >= 15 is 0 Å². The molecule has 0 aliphatic carbocycles. The molecule has 0 aliphatic rings. The molecule has 0 fully saturated rings. The van der Waals surface area contributed by atoms with E-state index in [-0.39, 0.29) is 11.5 Å². The largest absolute Gasteiger partial charge is 0.388 e. The smallest absolute Gasteiger partial charge is 0.150 e. The van der Waals surface area contributed by atoms with Crippen LogP contribution in [0.2, 0.25) is 0 Å². The number of methoxy groups -OCH3 is 1. The average Bonchev–Trinajstić information content (AvgIpc) is 2.74. The summed E-state index contributed by atoms with van der Waals surface area (Å²) >= 11 is 0. The molecule has 5 nitrogen and oxygen atoms in total. The Hall–Kier alpha value is -1.27. The zero-order chi connectivity index (χ0) is 24.2. The van der Waals surface area contributed by atoms with Gasteiger partial charge in [-0.15, -0.1) is 0 Å². The van der Waals surface area contributed by atoms with Crippen LogP contribution in [0.1, 0.15) is 53.5 Å². The number of benzene rings is 1. The van der Waals surface area contributed by atoms with Crippen LogP contribution in [0.25, 0.3) is 0 Å². The number of hydrogen-bond acceptors (Lipinski definition) is 5. The van der Waals surface area contributed by atoms with Crippen LogP contribution in [0.3, 0.4) is 0 Å². The Kier molecular flexibility index (Phi) is 23.3. The molecule has 0 spiro atoms. The van der Waals surface area contributed by atoms with Crippen LogP contribution in [-0.4, -0.2) is 60.3 Å². The summed E-state index contributed by atoms with van der Waals surface area (Å²) in [7, 11) is 0.518. The molecule has 0 aromatic heterocycles. The van der Waals surface area contributed by atoms with Crippen LogP contribution < -0.4 is 9.80 Å². The minimum absolute atomic E-state index is 0.226. The van der Waals surface area contributed by atoms with Crippen LogP contribution in [0.15, 0.2) is 18.2 Å². The van der Waals surface area contributed by atoms with Gasteiger partial charge in [0.15, 0.2) is 0 Å². The first-order valence-electron chi connectivity index (χ1n) is 11.0. The van der Waals surface area contributed by atoms with Gasteiger partial charge >= 0.3 is 0 Å². The lowest BCUT2D eigenvalue weighted by atomic mass is 10.1. The van der Waals surface area contributed by atoms with Gasteiger partial charge in [0.1, 0.15) is 9.84 Å². The Morgan fingerprint density at radius 3 is 1.67 bits per heavy atom. The maximum atomic E-state index is 10.6. The summed E-state index contributed by atoms with van der Waals surface area (Å²) in [5.74, 6) is 0.464. The Morgan fingerprint density at radius 2 is 1.40 bits per heavy atom. The minimum Gasteiger partial charge on any atom is -0.388 e. The summed E-state index contributed by atoms with van der Waals surface area (Å²) in [6.45, 7) is 25.8. The molecule has 6 heteroatoms. The maximum absolute atomic E-state index is 10.6. The van der Waals surface area contributed by atoms with Gasteiger partial charge in [-0.3, -0.25) is 0 Å². The van der Waals surface area contributed by atoms with Gasteiger partial charge in [0.05, 0.1) is 5.75 Å². The molecule has 0 bridgehead atoms. The van der Waals surface area contributed by atoms with Crippen LogP contribution in [0.4, 0.5) is 11.4 Å². The summed E-state index contributed by atoms with van der Waals surface area (Å²) < 4.78 is 25.4. The van der Waals surface area contributed by atoms with Crippen molar-refractivity contribution in [3.8, 4) is 0 Å². The highest BCUT2D eigenvalue weighted by molar-refractivity contribution is 7.91. The predicted molar refractivity (Wildman–Crippen MR) is 137 cm³/mol. The van der Waals surface area contributed by atoms with Crippen LogP contribution in [0, 0.1) is 20.8 Å². The highest BCUT2D eigenvalue weighted by atomic mass is 32.2. The van der Waals surface area contributed by atoms with Crippen molar-refractivity contribution in [3.63, 3.8) is 0 Å². The Balaban J connectivity index is -0.000000469. The van der Waals surface area contributed by atoms with Crippen LogP contribution >= 0.6 is 0 Å². The third-order valence-corrected chi connectivity index (χ3v) is 5.99. The highest BCUT2D eigenvalue weighted by Crippen LogP contribution is 2.25. The van der Waals surface area contributed by atoms with Crippen molar-refractivity contribution >= 4 is 21.2 Å². The number of rotatable bonds is 9. The standard InChI is InChI=1S/C15H25N2.C5H11O2S.C2H6O.C2H6/c1-6-16(7-2)14-10-11-15(13(5)12-14)17(8-3)9-4;1-3-5-8(6,7)4-2;1-3-2;1-2/h10-12H,3,6-9H2,1-2,4-5H3;1,3-5H2,2H3;1-2H3;1-2H3. The first-order valence-corrected chi connectivity index (χ1v) is 12.8. The molecule has 0 saturated carbocycles. The van der Waals surface area contributed by atoms with Crippen molar-refractivity contribution < 1.29 is 13.2 Å². The zero-order valence-corrected chi connectivity index (χ0v) is 21.9. The molecular formula is C24H48N2O3S. The number of anilines is 2. The molecule has 30 heavy (non-hydrogen) atoms. The lowest BCUT2D eigenvalue weighted by Crippen LogP contribution is -2.24. The predicted octanol–water partition coefficient (Wildman–Crippen LogP) is 5.44. The average molecular weight is 445 g/mol. The molecule has 0 aliphatic heterocycles. The van der Waals surface area contributed by atoms with E-state index in [0.717, 1.165) is 26.2 Å². The molecule has 178 valence electrons. The van der Waals surface area contributed by atoms with Gasteiger partial charge in [0, 0.05) is 57.5 Å². The second kappa shape index (κ2) is 21.0. The van der Waals surface area contributed by atoms with Crippen molar-refractivity contribution in [2.45, 2.75) is 54.9 Å². The van der Waals surface area contributed by atoms with Crippen molar-refractivity contribution in [1.82, 2.24) is 0 Å². The van der Waals surface area contributed by atoms with Crippen molar-refractivity contribution in [2.24, 2.45) is 0 Å². The molecule has 0 N–H and O–H groups in total. The lowest BCUT2D eigenvalue weighted by Gasteiger charge is -2.26. The number of nitrogens with zero attached hydrogens (tertiary/aromatic N) is 2. The number of ether oxygens (including phenoxy) is 1. The van der Waals surface area contributed by atoms with Crippen molar-refractivity contribution in [1.29, 1.82) is 0 Å². The summed E-state index contributed by atoms with van der Waals surface area (Å²) in [5.41, 5.74) is 3.95. The van der Waals surface area contributed by atoms with Crippen LogP contribution in [0.5, 0.6) is 0 Å². The topological polar surface area (TPSA) is 49.9 Å². The van der Waals surface area contributed by atoms with E-state index in [0.29, 0.717) is 6.42 Å². The quantitative estimate of drug-likeness (QED) is 0.508. The fraction of sp³-hybridized carbons (Fsp3) is 0.667. The first kappa shape index (κ1) is 33.4. The van der Waals surface area contributed by atoms with Gasteiger partial charge in [-0.1, -0.05) is 27.7 Å². The molecule has 1 aromatic rings. The SMILES string of the molecule is CC.COC.[CH2]CCS(=O)(=O)CC.[CH2]CN(CC)c1ccc(N(CC)CC)cc1C. The molecule has 0 heterocycles. The number of hydrogen-bond donors (Lipinski definition) is 0.